The molecule has 1 aromatic heterocycles. The van der Waals surface area contributed by atoms with Gasteiger partial charge in [-0.25, -0.2) is 0 Å². The number of furan rings is 1. The zero-order valence-corrected chi connectivity index (χ0v) is 13.3. The van der Waals surface area contributed by atoms with Crippen LogP contribution >= 0.6 is 0 Å². The first kappa shape index (κ1) is 15.1. The molecule has 0 spiro atoms. The van der Waals surface area contributed by atoms with Crippen LogP contribution in [0.5, 0.6) is 0 Å². The third kappa shape index (κ3) is 2.29. The number of benzene rings is 2. The minimum Gasteiger partial charge on any atom is -0.469 e. The summed E-state index contributed by atoms with van der Waals surface area (Å²) < 4.78 is 5.14. The van der Waals surface area contributed by atoms with Crippen molar-refractivity contribution in [1.29, 1.82) is 0 Å². The van der Waals surface area contributed by atoms with E-state index in [1.807, 2.05) is 0 Å². The van der Waals surface area contributed by atoms with E-state index in [0.717, 1.165) is 0 Å². The van der Waals surface area contributed by atoms with Gasteiger partial charge >= 0.3 is 0 Å². The fourth-order valence-corrected chi connectivity index (χ4v) is 3.06. The van der Waals surface area contributed by atoms with Gasteiger partial charge in [0.15, 0.2) is 11.6 Å². The summed E-state index contributed by atoms with van der Waals surface area (Å²) in [6.07, 6.45) is 1.43. The van der Waals surface area contributed by atoms with Gasteiger partial charge in [0.25, 0.3) is 5.91 Å². The first-order valence-corrected chi connectivity index (χ1v) is 7.75. The van der Waals surface area contributed by atoms with Crippen molar-refractivity contribution in [3.63, 3.8) is 0 Å². The molecule has 1 amide bonds. The molecule has 1 aliphatic carbocycles. The minimum absolute atomic E-state index is 0.221. The number of fused-ring (bicyclic) bond motifs is 2. The van der Waals surface area contributed by atoms with E-state index in [2.05, 4.69) is 5.32 Å². The number of carbonyl (C=O) groups excluding carboxylic acids is 3. The lowest BCUT2D eigenvalue weighted by molar-refractivity contribution is 0.0978. The van der Waals surface area contributed by atoms with Crippen LogP contribution in [0.2, 0.25) is 0 Å². The molecular weight excluding hydrogens is 318 g/mol. The molecule has 25 heavy (non-hydrogen) atoms. The van der Waals surface area contributed by atoms with E-state index in [1.165, 1.54) is 6.26 Å². The lowest BCUT2D eigenvalue weighted by atomic mass is 9.83. The molecule has 0 atom stereocenters. The van der Waals surface area contributed by atoms with Crippen LogP contribution < -0.4 is 5.32 Å². The molecule has 122 valence electrons. The monoisotopic (exact) mass is 331 g/mol. The van der Waals surface area contributed by atoms with Gasteiger partial charge in [0.1, 0.15) is 5.76 Å². The number of hydrogen-bond acceptors (Lipinski definition) is 4. The van der Waals surface area contributed by atoms with Crippen LogP contribution in [0.15, 0.2) is 59.2 Å². The van der Waals surface area contributed by atoms with E-state index in [-0.39, 0.29) is 17.1 Å². The molecule has 5 nitrogen and oxygen atoms in total. The summed E-state index contributed by atoms with van der Waals surface area (Å²) in [5.41, 5.74) is 1.95. The van der Waals surface area contributed by atoms with Gasteiger partial charge in [0.2, 0.25) is 0 Å². The summed E-state index contributed by atoms with van der Waals surface area (Å²) in [5, 5.41) is 2.72. The molecule has 1 aliphatic rings. The summed E-state index contributed by atoms with van der Waals surface area (Å²) in [7, 11) is 0. The van der Waals surface area contributed by atoms with Crippen LogP contribution in [0.4, 0.5) is 5.69 Å². The zero-order valence-electron chi connectivity index (χ0n) is 13.3. The van der Waals surface area contributed by atoms with Crippen molar-refractivity contribution in [3.05, 3.63) is 88.4 Å². The third-order valence-electron chi connectivity index (χ3n) is 4.30. The van der Waals surface area contributed by atoms with Crippen molar-refractivity contribution in [2.45, 2.75) is 6.92 Å². The summed E-state index contributed by atoms with van der Waals surface area (Å²) in [6.45, 7) is 1.68. The van der Waals surface area contributed by atoms with Gasteiger partial charge in [0.05, 0.1) is 23.1 Å². The number of anilines is 1. The van der Waals surface area contributed by atoms with Crippen LogP contribution in [0.25, 0.3) is 0 Å². The Labute approximate surface area is 143 Å². The van der Waals surface area contributed by atoms with E-state index in [1.54, 1.807) is 55.5 Å². The van der Waals surface area contributed by atoms with E-state index in [9.17, 15) is 14.4 Å². The van der Waals surface area contributed by atoms with Crippen molar-refractivity contribution < 1.29 is 18.8 Å². The Morgan fingerprint density at radius 3 is 2.24 bits per heavy atom. The van der Waals surface area contributed by atoms with Gasteiger partial charge in [-0.1, -0.05) is 36.4 Å². The highest BCUT2D eigenvalue weighted by atomic mass is 16.3. The van der Waals surface area contributed by atoms with Gasteiger partial charge < -0.3 is 9.73 Å². The number of ketones is 2. The highest BCUT2D eigenvalue weighted by Gasteiger charge is 2.31. The Hall–Kier alpha value is -3.47. The van der Waals surface area contributed by atoms with E-state index >= 15 is 0 Å². The molecule has 3 aromatic rings. The van der Waals surface area contributed by atoms with Gasteiger partial charge in [-0.3, -0.25) is 14.4 Å². The maximum Gasteiger partial charge on any atom is 0.259 e. The second-order valence-corrected chi connectivity index (χ2v) is 5.78. The van der Waals surface area contributed by atoms with Crippen LogP contribution in [-0.4, -0.2) is 17.5 Å². The number of nitrogens with one attached hydrogen (secondary N) is 1. The highest BCUT2D eigenvalue weighted by Crippen LogP contribution is 2.32. The summed E-state index contributed by atoms with van der Waals surface area (Å²) in [5.74, 6) is -0.403. The Morgan fingerprint density at radius 2 is 1.56 bits per heavy atom. The standard InChI is InChI=1S/C20H13NO4/c1-11-12(9-10-25-11)20(24)21-16-8-4-7-15-17(16)19(23)14-6-3-2-5-13(14)18(15)22/h2-10H,1H3,(H,21,24). The molecule has 0 saturated carbocycles. The van der Waals surface area contributed by atoms with Crippen molar-refractivity contribution in [1.82, 2.24) is 0 Å². The quantitative estimate of drug-likeness (QED) is 0.609. The molecule has 0 fully saturated rings. The van der Waals surface area contributed by atoms with Crippen molar-refractivity contribution >= 4 is 23.2 Å². The van der Waals surface area contributed by atoms with Crippen molar-refractivity contribution in [2.24, 2.45) is 0 Å². The minimum atomic E-state index is -0.390. The maximum atomic E-state index is 12.9. The molecule has 0 saturated heterocycles. The van der Waals surface area contributed by atoms with Gasteiger partial charge in [-0.05, 0) is 19.1 Å². The Bertz CT molecular complexity index is 1050. The topological polar surface area (TPSA) is 76.4 Å². The Morgan fingerprint density at radius 1 is 0.880 bits per heavy atom. The largest absolute Gasteiger partial charge is 0.469 e. The average molecular weight is 331 g/mol. The average Bonchev–Trinajstić information content (AvgIpc) is 3.05. The number of amides is 1. The van der Waals surface area contributed by atoms with Crippen LogP contribution in [0, 0.1) is 6.92 Å². The van der Waals surface area contributed by atoms with E-state index in [4.69, 9.17) is 4.42 Å². The highest BCUT2D eigenvalue weighted by molar-refractivity contribution is 6.30. The van der Waals surface area contributed by atoms with E-state index in [0.29, 0.717) is 33.7 Å². The molecule has 4 rings (SSSR count). The maximum absolute atomic E-state index is 12.9. The summed E-state index contributed by atoms with van der Waals surface area (Å²) in [6, 6.07) is 13.1. The molecule has 1 N–H and O–H groups in total. The number of rotatable bonds is 2. The lowest BCUT2D eigenvalue weighted by Crippen LogP contribution is -2.24. The normalized spacial score (nSPS) is 12.5. The third-order valence-corrected chi connectivity index (χ3v) is 4.30. The molecule has 0 unspecified atom stereocenters. The number of hydrogen-bond donors (Lipinski definition) is 1. The predicted molar refractivity (Wildman–Crippen MR) is 91.1 cm³/mol. The van der Waals surface area contributed by atoms with E-state index < -0.39 is 5.91 Å². The smallest absolute Gasteiger partial charge is 0.259 e. The molecule has 2 aromatic carbocycles. The predicted octanol–water partition coefficient (Wildman–Crippen LogP) is 3.62. The van der Waals surface area contributed by atoms with Gasteiger partial charge in [-0.15, -0.1) is 0 Å². The van der Waals surface area contributed by atoms with Crippen LogP contribution in [0.1, 0.15) is 48.0 Å². The zero-order chi connectivity index (χ0) is 17.6. The number of carbonyl (C=O) groups is 3. The second kappa shape index (κ2) is 5.56. The van der Waals surface area contributed by atoms with Crippen LogP contribution in [-0.2, 0) is 0 Å². The first-order valence-electron chi connectivity index (χ1n) is 7.75. The van der Waals surface area contributed by atoms with Crippen LogP contribution in [0.3, 0.4) is 0 Å². The SMILES string of the molecule is Cc1occc1C(=O)Nc1cccc2c1C(=O)c1ccccc1C2=O. The summed E-state index contributed by atoms with van der Waals surface area (Å²) >= 11 is 0. The first-order chi connectivity index (χ1) is 12.1. The van der Waals surface area contributed by atoms with Gasteiger partial charge in [0, 0.05) is 16.7 Å². The Balaban J connectivity index is 1.80. The van der Waals surface area contributed by atoms with Crippen molar-refractivity contribution in [2.75, 3.05) is 5.32 Å². The number of aryl methyl sites for hydroxylation is 1. The molecule has 0 radical (unpaired) electrons. The van der Waals surface area contributed by atoms with Gasteiger partial charge in [-0.2, -0.15) is 0 Å². The summed E-state index contributed by atoms with van der Waals surface area (Å²) in [4.78, 5) is 38.0. The fourth-order valence-electron chi connectivity index (χ4n) is 3.06. The Kier molecular flexibility index (Phi) is 3.35. The molecule has 5 heteroatoms. The van der Waals surface area contributed by atoms with Crippen molar-refractivity contribution in [3.8, 4) is 0 Å². The molecule has 0 bridgehead atoms. The molecule has 1 heterocycles. The molecule has 0 aliphatic heterocycles. The second-order valence-electron chi connectivity index (χ2n) is 5.78. The molecular formula is C20H13NO4. The lowest BCUT2D eigenvalue weighted by Gasteiger charge is -2.20. The fraction of sp³-hybridized carbons (Fsp3) is 0.0500.